The Labute approximate surface area is 148 Å². The lowest BCUT2D eigenvalue weighted by molar-refractivity contribution is 0.0945. The maximum atomic E-state index is 12.8. The summed E-state index contributed by atoms with van der Waals surface area (Å²) in [6.07, 6.45) is 0. The molecular weight excluding hydrogens is 378 g/mol. The average Bonchev–Trinajstić information content (AvgIpc) is 2.51. The summed E-state index contributed by atoms with van der Waals surface area (Å²) in [4.78, 5) is 13.7. The van der Waals surface area contributed by atoms with Gasteiger partial charge in [0, 0.05) is 10.6 Å². The van der Waals surface area contributed by atoms with E-state index in [0.29, 0.717) is 5.56 Å². The van der Waals surface area contributed by atoms with E-state index in [1.807, 2.05) is 10.3 Å². The molecule has 2 N–H and O–H groups in total. The first-order chi connectivity index (χ1) is 11.1. The average molecular weight is 391 g/mol. The fourth-order valence-electron chi connectivity index (χ4n) is 1.97. The topological polar surface area (TPSA) is 75.3 Å². The van der Waals surface area contributed by atoms with Crippen LogP contribution >= 0.6 is 23.2 Å². The molecule has 2 aromatic carbocycles. The highest BCUT2D eigenvalue weighted by molar-refractivity contribution is 7.89. The third-order valence-electron chi connectivity index (χ3n) is 3.26. The summed E-state index contributed by atoms with van der Waals surface area (Å²) >= 11 is 12.1. The summed E-state index contributed by atoms with van der Waals surface area (Å²) in [6.45, 7) is 3.12. The van der Waals surface area contributed by atoms with Crippen molar-refractivity contribution >= 4 is 39.1 Å². The van der Waals surface area contributed by atoms with Gasteiger partial charge in [-0.15, -0.1) is 4.83 Å². The number of rotatable bonds is 4. The molecule has 0 saturated heterocycles. The van der Waals surface area contributed by atoms with Gasteiger partial charge in [-0.05, 0) is 55.3 Å². The Morgan fingerprint density at radius 1 is 1.12 bits per heavy atom. The molecule has 0 heterocycles. The van der Waals surface area contributed by atoms with Gasteiger partial charge in [0.25, 0.3) is 15.9 Å². The predicted molar refractivity (Wildman–Crippen MR) is 90.1 cm³/mol. The van der Waals surface area contributed by atoms with E-state index >= 15 is 0 Å². The normalized spacial score (nSPS) is 11.4. The van der Waals surface area contributed by atoms with Gasteiger partial charge in [0.2, 0.25) is 0 Å². The monoisotopic (exact) mass is 390 g/mol. The highest BCUT2D eigenvalue weighted by Gasteiger charge is 2.24. The molecule has 0 aromatic heterocycles. The molecule has 0 aliphatic carbocycles. The predicted octanol–water partition coefficient (Wildman–Crippen LogP) is 3.37. The summed E-state index contributed by atoms with van der Waals surface area (Å²) < 4.78 is 37.7. The molecule has 9 heteroatoms. The molecule has 0 saturated carbocycles. The third kappa shape index (κ3) is 3.87. The number of sulfonamides is 1. The van der Waals surface area contributed by atoms with Gasteiger partial charge in [-0.1, -0.05) is 23.2 Å². The van der Waals surface area contributed by atoms with Crippen LogP contribution in [0, 0.1) is 19.7 Å². The molecule has 0 aliphatic rings. The summed E-state index contributed by atoms with van der Waals surface area (Å²) in [7, 11) is -4.15. The number of hydrogen-bond acceptors (Lipinski definition) is 3. The standard InChI is InChI=1S/C15H13Cl2FN2O3S/c1-8-7-12(16)9(2)14(13(8)17)24(22,23)20-19-15(21)10-3-5-11(18)6-4-10/h3-7,20H,1-2H3,(H,19,21). The van der Waals surface area contributed by atoms with Gasteiger partial charge in [-0.2, -0.15) is 0 Å². The van der Waals surface area contributed by atoms with Crippen LogP contribution in [0.1, 0.15) is 21.5 Å². The van der Waals surface area contributed by atoms with E-state index in [2.05, 4.69) is 0 Å². The van der Waals surface area contributed by atoms with Crippen LogP contribution in [0.25, 0.3) is 0 Å². The number of nitrogens with one attached hydrogen (secondary N) is 2. The largest absolute Gasteiger partial charge is 0.273 e. The van der Waals surface area contributed by atoms with Gasteiger partial charge in [0.05, 0.1) is 5.02 Å². The maximum Gasteiger partial charge on any atom is 0.266 e. The van der Waals surface area contributed by atoms with Crippen LogP contribution in [0.3, 0.4) is 0 Å². The minimum Gasteiger partial charge on any atom is -0.273 e. The molecule has 0 aliphatic heterocycles. The molecule has 24 heavy (non-hydrogen) atoms. The number of aryl methyl sites for hydroxylation is 1. The summed E-state index contributed by atoms with van der Waals surface area (Å²) in [5.41, 5.74) is 2.88. The summed E-state index contributed by atoms with van der Waals surface area (Å²) in [6, 6.07) is 6.17. The molecule has 0 fully saturated rings. The van der Waals surface area contributed by atoms with E-state index in [0.717, 1.165) is 12.1 Å². The smallest absolute Gasteiger partial charge is 0.266 e. The van der Waals surface area contributed by atoms with Gasteiger partial charge < -0.3 is 0 Å². The minimum absolute atomic E-state index is 0.0143. The molecular formula is C15H13Cl2FN2O3S. The van der Waals surface area contributed by atoms with E-state index < -0.39 is 21.7 Å². The SMILES string of the molecule is Cc1cc(Cl)c(C)c(S(=O)(=O)NNC(=O)c2ccc(F)cc2)c1Cl. The lowest BCUT2D eigenvalue weighted by atomic mass is 10.2. The first-order valence-corrected chi connectivity index (χ1v) is 8.90. The molecule has 128 valence electrons. The number of benzene rings is 2. The van der Waals surface area contributed by atoms with Gasteiger partial charge in [-0.3, -0.25) is 10.2 Å². The molecule has 0 radical (unpaired) electrons. The Morgan fingerprint density at radius 2 is 1.71 bits per heavy atom. The van der Waals surface area contributed by atoms with Crippen molar-refractivity contribution in [2.75, 3.05) is 0 Å². The molecule has 0 spiro atoms. The van der Waals surface area contributed by atoms with Gasteiger partial charge in [0.1, 0.15) is 10.7 Å². The van der Waals surface area contributed by atoms with Gasteiger partial charge >= 0.3 is 0 Å². The van der Waals surface area contributed by atoms with E-state index in [1.165, 1.54) is 19.1 Å². The molecule has 1 amide bonds. The number of carbonyl (C=O) groups excluding carboxylic acids is 1. The number of hydrogen-bond donors (Lipinski definition) is 2. The lowest BCUT2D eigenvalue weighted by Gasteiger charge is -2.14. The van der Waals surface area contributed by atoms with E-state index in [9.17, 15) is 17.6 Å². The molecule has 5 nitrogen and oxygen atoms in total. The van der Waals surface area contributed by atoms with Gasteiger partial charge in [0.15, 0.2) is 0 Å². The highest BCUT2D eigenvalue weighted by atomic mass is 35.5. The van der Waals surface area contributed by atoms with Crippen molar-refractivity contribution in [1.29, 1.82) is 0 Å². The minimum atomic E-state index is -4.15. The molecule has 0 bridgehead atoms. The number of amides is 1. The van der Waals surface area contributed by atoms with Crippen LogP contribution < -0.4 is 10.3 Å². The Bertz CT molecular complexity index is 874. The van der Waals surface area contributed by atoms with Crippen molar-refractivity contribution in [2.24, 2.45) is 0 Å². The number of halogens is 3. The third-order valence-corrected chi connectivity index (χ3v) is 5.67. The zero-order valence-electron chi connectivity index (χ0n) is 12.7. The van der Waals surface area contributed by atoms with Crippen LogP contribution in [-0.4, -0.2) is 14.3 Å². The van der Waals surface area contributed by atoms with Crippen LogP contribution in [0.15, 0.2) is 35.2 Å². The van der Waals surface area contributed by atoms with E-state index in [1.54, 1.807) is 13.0 Å². The summed E-state index contributed by atoms with van der Waals surface area (Å²) in [5, 5.41) is 0.252. The molecule has 0 atom stereocenters. The quantitative estimate of drug-likeness (QED) is 0.785. The van der Waals surface area contributed by atoms with Crippen molar-refractivity contribution in [3.05, 3.63) is 62.9 Å². The number of carbonyl (C=O) groups is 1. The zero-order chi connectivity index (χ0) is 18.1. The molecule has 2 aromatic rings. The van der Waals surface area contributed by atoms with Crippen molar-refractivity contribution in [3.8, 4) is 0 Å². The van der Waals surface area contributed by atoms with Crippen LogP contribution in [-0.2, 0) is 10.0 Å². The Morgan fingerprint density at radius 3 is 2.29 bits per heavy atom. The van der Waals surface area contributed by atoms with E-state index in [-0.39, 0.29) is 26.1 Å². The molecule has 0 unspecified atom stereocenters. The van der Waals surface area contributed by atoms with Crippen molar-refractivity contribution < 1.29 is 17.6 Å². The Hall–Kier alpha value is -1.67. The van der Waals surface area contributed by atoms with Crippen LogP contribution in [0.4, 0.5) is 4.39 Å². The first kappa shape index (κ1) is 18.7. The summed E-state index contributed by atoms with van der Waals surface area (Å²) in [5.74, 6) is -1.25. The second-order valence-electron chi connectivity index (χ2n) is 5.01. The molecule has 2 rings (SSSR count). The van der Waals surface area contributed by atoms with Crippen molar-refractivity contribution in [1.82, 2.24) is 10.3 Å². The van der Waals surface area contributed by atoms with Crippen LogP contribution in [0.2, 0.25) is 10.0 Å². The van der Waals surface area contributed by atoms with Crippen molar-refractivity contribution in [2.45, 2.75) is 18.7 Å². The first-order valence-electron chi connectivity index (χ1n) is 6.66. The second-order valence-corrected chi connectivity index (χ2v) is 7.41. The Kier molecular flexibility index (Phi) is 5.49. The zero-order valence-corrected chi connectivity index (χ0v) is 15.0. The fourth-order valence-corrected chi connectivity index (χ4v) is 4.03. The maximum absolute atomic E-state index is 12.8. The second kappa shape index (κ2) is 7.06. The van der Waals surface area contributed by atoms with Crippen molar-refractivity contribution in [3.63, 3.8) is 0 Å². The van der Waals surface area contributed by atoms with Gasteiger partial charge in [-0.25, -0.2) is 12.8 Å². The fraction of sp³-hybridized carbons (Fsp3) is 0.133. The highest BCUT2D eigenvalue weighted by Crippen LogP contribution is 2.33. The number of hydrazine groups is 1. The van der Waals surface area contributed by atoms with E-state index in [4.69, 9.17) is 23.2 Å². The van der Waals surface area contributed by atoms with Crippen LogP contribution in [0.5, 0.6) is 0 Å². The lowest BCUT2D eigenvalue weighted by Crippen LogP contribution is -2.41. The Balaban J connectivity index is 2.27.